The molecule has 0 N–H and O–H groups in total. The van der Waals surface area contributed by atoms with Gasteiger partial charge in [-0.25, -0.2) is 9.25 Å². The molecule has 0 unspecified atom stereocenters. The molecule has 0 spiro atoms. The van der Waals surface area contributed by atoms with Gasteiger partial charge in [-0.1, -0.05) is 11.9 Å². The van der Waals surface area contributed by atoms with Gasteiger partial charge in [0.2, 0.25) is 11.5 Å². The van der Waals surface area contributed by atoms with E-state index in [9.17, 15) is 14.9 Å². The number of ketones is 1. The first-order chi connectivity index (χ1) is 19.9. The minimum atomic E-state index is -0.472. The van der Waals surface area contributed by atoms with Gasteiger partial charge < -0.3 is 33.5 Å². The van der Waals surface area contributed by atoms with Gasteiger partial charge in [-0.15, -0.1) is 0 Å². The molecule has 0 aliphatic heterocycles. The lowest BCUT2D eigenvalue weighted by Crippen LogP contribution is -2.41. The topological polar surface area (TPSA) is 133 Å². The van der Waals surface area contributed by atoms with E-state index in [1.165, 1.54) is 25.9 Å². The minimum Gasteiger partial charge on any atom is -0.496 e. The lowest BCUT2D eigenvalue weighted by molar-refractivity contribution is -0.926. The fraction of sp³-hybridized carbons (Fsp3) is 0.414. The van der Waals surface area contributed by atoms with Crippen molar-refractivity contribution in [2.75, 3.05) is 42.5 Å². The Morgan fingerprint density at radius 2 is 1.64 bits per heavy atom. The van der Waals surface area contributed by atoms with E-state index in [-0.39, 0.29) is 17.4 Å². The number of hydrogen-bond donors (Lipinski definition) is 0. The summed E-state index contributed by atoms with van der Waals surface area (Å²) in [7, 11) is 11.7. The van der Waals surface area contributed by atoms with Crippen LogP contribution in [0.4, 0.5) is 5.95 Å². The fourth-order valence-electron chi connectivity index (χ4n) is 5.31. The molecule has 13 heteroatoms. The van der Waals surface area contributed by atoms with Crippen LogP contribution in [0.5, 0.6) is 23.0 Å². The molecule has 0 aliphatic rings. The lowest BCUT2D eigenvalue weighted by Gasteiger charge is -2.29. The smallest absolute Gasteiger partial charge is 0.435 e. The summed E-state index contributed by atoms with van der Waals surface area (Å²) in [6, 6.07) is 6.85. The zero-order chi connectivity index (χ0) is 30.9. The van der Waals surface area contributed by atoms with Gasteiger partial charge in [-0.2, -0.15) is 5.10 Å². The predicted octanol–water partition coefficient (Wildman–Crippen LogP) is 4.05. The molecule has 0 radical (unpaired) electrons. The Bertz CT molecular complexity index is 1650. The molecule has 0 amide bonds. The number of fused-ring (bicyclic) bond motifs is 1. The summed E-state index contributed by atoms with van der Waals surface area (Å²) in [4.78, 5) is 29.3. The molecule has 0 saturated heterocycles. The van der Waals surface area contributed by atoms with Crippen LogP contribution in [-0.2, 0) is 26.7 Å². The maximum Gasteiger partial charge on any atom is 0.435 e. The number of aryl methyl sites for hydroxylation is 2. The summed E-state index contributed by atoms with van der Waals surface area (Å²) in [5, 5.41) is 17.0. The van der Waals surface area contributed by atoms with E-state index >= 15 is 0 Å². The molecule has 13 nitrogen and oxygen atoms in total. The molecule has 0 atom stereocenters. The second-order valence-corrected chi connectivity index (χ2v) is 10.6. The van der Waals surface area contributed by atoms with Gasteiger partial charge in [0.05, 0.1) is 55.1 Å². The number of benzene rings is 2. The monoisotopic (exact) mass is 581 g/mol. The number of hydrogen-bond acceptors (Lipinski definition) is 9. The molecular weight excluding hydrogens is 544 g/mol. The van der Waals surface area contributed by atoms with Crippen LogP contribution in [0.25, 0.3) is 10.9 Å². The quantitative estimate of drug-likeness (QED) is 0.105. The van der Waals surface area contributed by atoms with Crippen molar-refractivity contribution in [1.82, 2.24) is 19.3 Å². The third-order valence-electron chi connectivity index (χ3n) is 7.34. The molecule has 2 heterocycles. The zero-order valence-electron chi connectivity index (χ0n) is 25.5. The van der Waals surface area contributed by atoms with Crippen molar-refractivity contribution in [2.24, 2.45) is 7.05 Å². The molecular formula is C29H37N6O7+. The van der Waals surface area contributed by atoms with Gasteiger partial charge in [-0.3, -0.25) is 4.79 Å². The van der Waals surface area contributed by atoms with E-state index in [0.29, 0.717) is 63.8 Å². The molecule has 2 aromatic heterocycles. The first-order valence-electron chi connectivity index (χ1n) is 13.3. The van der Waals surface area contributed by atoms with Crippen molar-refractivity contribution in [3.8, 4) is 23.0 Å². The molecule has 42 heavy (non-hydrogen) atoms. The number of methoxy groups -OCH3 is 4. The highest BCUT2D eigenvalue weighted by atomic mass is 16.6. The van der Waals surface area contributed by atoms with Crippen LogP contribution < -0.4 is 18.9 Å². The second-order valence-electron chi connectivity index (χ2n) is 10.6. The van der Waals surface area contributed by atoms with Crippen LogP contribution in [-0.4, -0.2) is 77.1 Å². The fourth-order valence-corrected chi connectivity index (χ4v) is 5.31. The Morgan fingerprint density at radius 1 is 1.02 bits per heavy atom. The van der Waals surface area contributed by atoms with Crippen LogP contribution in [0.2, 0.25) is 0 Å². The molecule has 0 aliphatic carbocycles. The highest BCUT2D eigenvalue weighted by Crippen LogP contribution is 2.39. The Hall–Kier alpha value is -4.65. The van der Waals surface area contributed by atoms with Gasteiger partial charge in [0.1, 0.15) is 18.0 Å². The van der Waals surface area contributed by atoms with E-state index in [1.54, 1.807) is 31.0 Å². The van der Waals surface area contributed by atoms with Gasteiger partial charge in [-0.05, 0) is 36.1 Å². The van der Waals surface area contributed by atoms with Crippen LogP contribution in [0, 0.1) is 17.0 Å². The number of ether oxygens (including phenoxy) is 4. The summed E-state index contributed by atoms with van der Waals surface area (Å²) in [5.41, 5.74) is 3.62. The minimum absolute atomic E-state index is 0.190. The molecule has 2 aromatic carbocycles. The van der Waals surface area contributed by atoms with Crippen molar-refractivity contribution in [2.45, 2.75) is 33.5 Å². The standard InChI is InChI=1S/C29H37N6O7/c1-10-20-21(32(3)29(30-20)34(37)38)15-35(4,5)16-33-26-17(2)22(39-6)12-11-19(26)25(31-33)27(36)18-13-23(40-7)28(42-9)24(14-18)41-8/h11-14H,10,15-16H2,1-9H3/q+1. The summed E-state index contributed by atoms with van der Waals surface area (Å²) in [6.07, 6.45) is 0.561. The number of aromatic nitrogens is 4. The van der Waals surface area contributed by atoms with Crippen molar-refractivity contribution in [3.05, 3.63) is 62.6 Å². The second kappa shape index (κ2) is 11.7. The van der Waals surface area contributed by atoms with Crippen LogP contribution >= 0.6 is 0 Å². The van der Waals surface area contributed by atoms with E-state index in [0.717, 1.165) is 16.8 Å². The average Bonchev–Trinajstić information content (AvgIpc) is 3.48. The average molecular weight is 582 g/mol. The summed E-state index contributed by atoms with van der Waals surface area (Å²) in [5.74, 6) is 1.26. The van der Waals surface area contributed by atoms with Crippen molar-refractivity contribution in [1.29, 1.82) is 0 Å². The molecule has 4 rings (SSSR count). The Kier molecular flexibility index (Phi) is 8.43. The number of imidazole rings is 1. The number of rotatable bonds is 12. The van der Waals surface area contributed by atoms with Crippen LogP contribution in [0.1, 0.15) is 39.9 Å². The Labute approximate surface area is 243 Å². The van der Waals surface area contributed by atoms with Crippen molar-refractivity contribution < 1.29 is 33.1 Å². The summed E-state index contributed by atoms with van der Waals surface area (Å²) < 4.78 is 25.6. The number of nitro groups is 1. The number of carbonyl (C=O) groups is 1. The first-order valence-corrected chi connectivity index (χ1v) is 13.3. The normalized spacial score (nSPS) is 11.5. The molecule has 0 bridgehead atoms. The first kappa shape index (κ1) is 30.3. The largest absolute Gasteiger partial charge is 0.496 e. The third kappa shape index (κ3) is 5.34. The Morgan fingerprint density at radius 3 is 2.17 bits per heavy atom. The molecule has 0 saturated carbocycles. The SMILES string of the molecule is CCc1nc([N+](=O)[O-])n(C)c1C[N+](C)(C)Cn1nc(C(=O)c2cc(OC)c(OC)c(OC)c2)c2ccc(OC)c(C)c21. The summed E-state index contributed by atoms with van der Waals surface area (Å²) in [6.45, 7) is 4.65. The lowest BCUT2D eigenvalue weighted by atomic mass is 10.0. The van der Waals surface area contributed by atoms with E-state index in [1.807, 2.05) is 40.1 Å². The maximum atomic E-state index is 14.0. The highest BCUT2D eigenvalue weighted by Gasteiger charge is 2.32. The zero-order valence-corrected chi connectivity index (χ0v) is 25.5. The van der Waals surface area contributed by atoms with Crippen molar-refractivity contribution >= 4 is 22.6 Å². The molecule has 4 aromatic rings. The summed E-state index contributed by atoms with van der Waals surface area (Å²) >= 11 is 0. The number of quaternary nitrogens is 1. The van der Waals surface area contributed by atoms with E-state index in [4.69, 9.17) is 24.0 Å². The van der Waals surface area contributed by atoms with Gasteiger partial charge in [0.15, 0.2) is 29.6 Å². The van der Waals surface area contributed by atoms with Gasteiger partial charge >= 0.3 is 5.95 Å². The Balaban J connectivity index is 1.83. The number of nitrogens with zero attached hydrogens (tertiary/aromatic N) is 6. The van der Waals surface area contributed by atoms with Crippen molar-refractivity contribution in [3.63, 3.8) is 0 Å². The van der Waals surface area contributed by atoms with Gasteiger partial charge in [0.25, 0.3) is 0 Å². The van der Waals surface area contributed by atoms with E-state index < -0.39 is 4.92 Å². The molecule has 224 valence electrons. The van der Waals surface area contributed by atoms with Crippen LogP contribution in [0.15, 0.2) is 24.3 Å². The maximum absolute atomic E-state index is 14.0. The predicted molar refractivity (Wildman–Crippen MR) is 156 cm³/mol. The number of carbonyl (C=O) groups excluding carboxylic acids is 1. The van der Waals surface area contributed by atoms with E-state index in [2.05, 4.69) is 4.98 Å². The van der Waals surface area contributed by atoms with Crippen LogP contribution in [0.3, 0.4) is 0 Å². The third-order valence-corrected chi connectivity index (χ3v) is 7.34. The highest BCUT2D eigenvalue weighted by molar-refractivity contribution is 6.15. The van der Waals surface area contributed by atoms with Gasteiger partial charge in [0, 0.05) is 22.9 Å². The molecule has 0 fully saturated rings.